The van der Waals surface area contributed by atoms with Crippen LogP contribution in [0.1, 0.15) is 23.6 Å². The van der Waals surface area contributed by atoms with Crippen LogP contribution in [0.5, 0.6) is 0 Å². The average Bonchev–Trinajstić information content (AvgIpc) is 2.73. The van der Waals surface area contributed by atoms with Crippen LogP contribution in [0, 0.1) is 6.92 Å². The SMILES string of the molecule is CCc1cc(C)ccc1Cn1cccn1. The van der Waals surface area contributed by atoms with Gasteiger partial charge in [0.2, 0.25) is 0 Å². The van der Waals surface area contributed by atoms with Crippen LogP contribution >= 0.6 is 0 Å². The number of nitrogens with zero attached hydrogens (tertiary/aromatic N) is 2. The van der Waals surface area contributed by atoms with Gasteiger partial charge in [-0.25, -0.2) is 0 Å². The molecule has 0 aliphatic carbocycles. The quantitative estimate of drug-likeness (QED) is 0.745. The van der Waals surface area contributed by atoms with Crippen LogP contribution in [-0.4, -0.2) is 9.78 Å². The number of aryl methyl sites for hydroxylation is 2. The van der Waals surface area contributed by atoms with Crippen molar-refractivity contribution in [2.24, 2.45) is 0 Å². The van der Waals surface area contributed by atoms with Gasteiger partial charge >= 0.3 is 0 Å². The van der Waals surface area contributed by atoms with Crippen molar-refractivity contribution in [2.75, 3.05) is 0 Å². The van der Waals surface area contributed by atoms with Gasteiger partial charge in [-0.3, -0.25) is 4.68 Å². The Morgan fingerprint density at radius 2 is 2.13 bits per heavy atom. The molecule has 0 saturated heterocycles. The maximum atomic E-state index is 4.23. The molecule has 15 heavy (non-hydrogen) atoms. The summed E-state index contributed by atoms with van der Waals surface area (Å²) in [5.41, 5.74) is 4.12. The molecule has 0 aliphatic heterocycles. The van der Waals surface area contributed by atoms with Gasteiger partial charge in [-0.05, 0) is 30.5 Å². The molecule has 0 amide bonds. The van der Waals surface area contributed by atoms with E-state index in [1.165, 1.54) is 16.7 Å². The highest BCUT2D eigenvalue weighted by atomic mass is 15.3. The van der Waals surface area contributed by atoms with Gasteiger partial charge in [0.25, 0.3) is 0 Å². The second-order valence-corrected chi connectivity index (χ2v) is 3.83. The number of rotatable bonds is 3. The van der Waals surface area contributed by atoms with Crippen LogP contribution in [0.2, 0.25) is 0 Å². The first-order chi connectivity index (χ1) is 7.29. The van der Waals surface area contributed by atoms with Gasteiger partial charge in [-0.1, -0.05) is 30.7 Å². The summed E-state index contributed by atoms with van der Waals surface area (Å²) in [5.74, 6) is 0. The molecule has 0 spiro atoms. The first kappa shape index (κ1) is 9.97. The molecule has 0 atom stereocenters. The maximum Gasteiger partial charge on any atom is 0.0662 e. The molecule has 0 radical (unpaired) electrons. The Hall–Kier alpha value is -1.57. The van der Waals surface area contributed by atoms with E-state index in [0.717, 1.165) is 13.0 Å². The van der Waals surface area contributed by atoms with Crippen LogP contribution in [0.25, 0.3) is 0 Å². The van der Waals surface area contributed by atoms with Crippen molar-refractivity contribution in [2.45, 2.75) is 26.8 Å². The fraction of sp³-hybridized carbons (Fsp3) is 0.308. The molecule has 0 fully saturated rings. The summed E-state index contributed by atoms with van der Waals surface area (Å²) in [5, 5.41) is 4.23. The molecule has 78 valence electrons. The van der Waals surface area contributed by atoms with E-state index in [9.17, 15) is 0 Å². The van der Waals surface area contributed by atoms with E-state index >= 15 is 0 Å². The Balaban J connectivity index is 2.28. The third-order valence-electron chi connectivity index (χ3n) is 2.63. The number of benzene rings is 1. The zero-order valence-corrected chi connectivity index (χ0v) is 9.27. The Bertz CT molecular complexity index is 430. The lowest BCUT2D eigenvalue weighted by atomic mass is 10.0. The molecule has 2 rings (SSSR count). The predicted molar refractivity (Wildman–Crippen MR) is 61.9 cm³/mol. The van der Waals surface area contributed by atoms with Crippen molar-refractivity contribution in [3.63, 3.8) is 0 Å². The Morgan fingerprint density at radius 1 is 1.27 bits per heavy atom. The zero-order valence-electron chi connectivity index (χ0n) is 9.27. The molecule has 0 bridgehead atoms. The summed E-state index contributed by atoms with van der Waals surface area (Å²) in [6.45, 7) is 5.20. The molecular weight excluding hydrogens is 184 g/mol. The molecule has 0 unspecified atom stereocenters. The minimum atomic E-state index is 0.871. The fourth-order valence-corrected chi connectivity index (χ4v) is 1.81. The summed E-state index contributed by atoms with van der Waals surface area (Å²) in [6.07, 6.45) is 4.90. The number of hydrogen-bond donors (Lipinski definition) is 0. The second-order valence-electron chi connectivity index (χ2n) is 3.83. The topological polar surface area (TPSA) is 17.8 Å². The smallest absolute Gasteiger partial charge is 0.0662 e. The van der Waals surface area contributed by atoms with Crippen LogP contribution in [0.15, 0.2) is 36.7 Å². The summed E-state index contributed by atoms with van der Waals surface area (Å²) >= 11 is 0. The van der Waals surface area contributed by atoms with Gasteiger partial charge in [0.15, 0.2) is 0 Å². The van der Waals surface area contributed by atoms with Crippen molar-refractivity contribution >= 4 is 0 Å². The van der Waals surface area contributed by atoms with Crippen LogP contribution in [-0.2, 0) is 13.0 Å². The van der Waals surface area contributed by atoms with Crippen molar-refractivity contribution in [1.82, 2.24) is 9.78 Å². The summed E-state index contributed by atoms with van der Waals surface area (Å²) in [4.78, 5) is 0. The molecule has 2 heteroatoms. The lowest BCUT2D eigenvalue weighted by Crippen LogP contribution is -2.03. The van der Waals surface area contributed by atoms with E-state index in [0.29, 0.717) is 0 Å². The van der Waals surface area contributed by atoms with E-state index < -0.39 is 0 Å². The monoisotopic (exact) mass is 200 g/mol. The first-order valence-corrected chi connectivity index (χ1v) is 5.35. The Kier molecular flexibility index (Phi) is 2.86. The summed E-state index contributed by atoms with van der Waals surface area (Å²) < 4.78 is 1.96. The molecule has 0 N–H and O–H groups in total. The average molecular weight is 200 g/mol. The maximum absolute atomic E-state index is 4.23. The standard InChI is InChI=1S/C13H16N2/c1-3-12-9-11(2)5-6-13(12)10-15-8-4-7-14-15/h4-9H,3,10H2,1-2H3. The van der Waals surface area contributed by atoms with Crippen LogP contribution in [0.4, 0.5) is 0 Å². The van der Waals surface area contributed by atoms with Gasteiger partial charge in [0.1, 0.15) is 0 Å². The summed E-state index contributed by atoms with van der Waals surface area (Å²) in [7, 11) is 0. The molecule has 2 aromatic rings. The minimum absolute atomic E-state index is 0.871. The molecule has 1 aromatic heterocycles. The third kappa shape index (κ3) is 2.27. The van der Waals surface area contributed by atoms with E-state index in [1.54, 1.807) is 0 Å². The van der Waals surface area contributed by atoms with Gasteiger partial charge in [0, 0.05) is 12.4 Å². The van der Waals surface area contributed by atoms with Gasteiger partial charge in [-0.2, -0.15) is 5.10 Å². The highest BCUT2D eigenvalue weighted by Crippen LogP contribution is 2.13. The molecule has 1 heterocycles. The van der Waals surface area contributed by atoms with Crippen molar-refractivity contribution in [1.29, 1.82) is 0 Å². The van der Waals surface area contributed by atoms with E-state index in [-0.39, 0.29) is 0 Å². The van der Waals surface area contributed by atoms with Crippen molar-refractivity contribution in [3.8, 4) is 0 Å². The molecule has 2 nitrogen and oxygen atoms in total. The van der Waals surface area contributed by atoms with E-state index in [4.69, 9.17) is 0 Å². The van der Waals surface area contributed by atoms with Crippen molar-refractivity contribution in [3.05, 3.63) is 53.3 Å². The lowest BCUT2D eigenvalue weighted by Gasteiger charge is -2.09. The fourth-order valence-electron chi connectivity index (χ4n) is 1.81. The summed E-state index contributed by atoms with van der Waals surface area (Å²) in [6, 6.07) is 8.59. The molecule has 0 saturated carbocycles. The van der Waals surface area contributed by atoms with Crippen molar-refractivity contribution < 1.29 is 0 Å². The highest BCUT2D eigenvalue weighted by Gasteiger charge is 2.01. The van der Waals surface area contributed by atoms with E-state index in [1.807, 2.05) is 23.1 Å². The van der Waals surface area contributed by atoms with E-state index in [2.05, 4.69) is 37.1 Å². The van der Waals surface area contributed by atoms with Gasteiger partial charge in [0.05, 0.1) is 6.54 Å². The predicted octanol–water partition coefficient (Wildman–Crippen LogP) is 2.80. The number of aromatic nitrogens is 2. The molecule has 0 aliphatic rings. The highest BCUT2D eigenvalue weighted by molar-refractivity contribution is 5.31. The number of hydrogen-bond acceptors (Lipinski definition) is 1. The molecule has 1 aromatic carbocycles. The van der Waals surface area contributed by atoms with Gasteiger partial charge in [-0.15, -0.1) is 0 Å². The third-order valence-corrected chi connectivity index (χ3v) is 2.63. The first-order valence-electron chi connectivity index (χ1n) is 5.35. The van der Waals surface area contributed by atoms with Crippen LogP contribution in [0.3, 0.4) is 0 Å². The van der Waals surface area contributed by atoms with Gasteiger partial charge < -0.3 is 0 Å². The zero-order chi connectivity index (χ0) is 10.7. The normalized spacial score (nSPS) is 10.5. The second kappa shape index (κ2) is 4.30. The Morgan fingerprint density at radius 3 is 2.80 bits per heavy atom. The lowest BCUT2D eigenvalue weighted by molar-refractivity contribution is 0.681. The Labute approximate surface area is 90.6 Å². The van der Waals surface area contributed by atoms with Crippen LogP contribution < -0.4 is 0 Å². The molecular formula is C13H16N2. The minimum Gasteiger partial charge on any atom is -0.268 e. The largest absolute Gasteiger partial charge is 0.268 e.